The fraction of sp³-hybridized carbons (Fsp3) is 0.710. The molecule has 0 bridgehead atoms. The van der Waals surface area contributed by atoms with E-state index in [1.165, 1.54) is 45.1 Å². The molecule has 1 saturated heterocycles. The van der Waals surface area contributed by atoms with Crippen molar-refractivity contribution in [3.63, 3.8) is 0 Å². The number of carbonyl (C=O) groups excluding carboxylic acids is 1. The topological polar surface area (TPSA) is 32.8 Å². The summed E-state index contributed by atoms with van der Waals surface area (Å²) in [6, 6.07) is 8.61. The van der Waals surface area contributed by atoms with Crippen LogP contribution in [0.5, 0.6) is 5.75 Å². The number of allylic oxidation sites excluding steroid dienone is 1. The van der Waals surface area contributed by atoms with Crippen LogP contribution in [0.15, 0.2) is 35.9 Å². The fourth-order valence-corrected chi connectivity index (χ4v) is 9.88. The normalized spacial score (nSPS) is 42.4. The second kappa shape index (κ2) is 8.36. The Kier molecular flexibility index (Phi) is 5.63. The van der Waals surface area contributed by atoms with Crippen molar-refractivity contribution in [1.82, 2.24) is 9.80 Å². The Morgan fingerprint density at radius 1 is 1.06 bits per heavy atom. The molecule has 5 aliphatic rings. The van der Waals surface area contributed by atoms with Gasteiger partial charge < -0.3 is 14.5 Å². The van der Waals surface area contributed by atoms with Crippen LogP contribution in [0.2, 0.25) is 0 Å². The number of hydrogen-bond donors (Lipinski definition) is 0. The molecule has 0 radical (unpaired) electrons. The lowest BCUT2D eigenvalue weighted by atomic mass is 9.47. The predicted molar refractivity (Wildman–Crippen MR) is 140 cm³/mol. The number of likely N-dealkylation sites (tertiary alicyclic amines) is 1. The van der Waals surface area contributed by atoms with Gasteiger partial charge in [-0.1, -0.05) is 18.6 Å². The molecule has 4 fully saturated rings. The van der Waals surface area contributed by atoms with Crippen molar-refractivity contribution in [3.8, 4) is 5.75 Å². The summed E-state index contributed by atoms with van der Waals surface area (Å²) in [4.78, 5) is 17.9. The highest BCUT2D eigenvalue weighted by molar-refractivity contribution is 5.94. The molecule has 0 aromatic heterocycles. The van der Waals surface area contributed by atoms with Crippen LogP contribution in [0.25, 0.3) is 0 Å². The van der Waals surface area contributed by atoms with E-state index < -0.39 is 0 Å². The number of rotatable bonds is 3. The van der Waals surface area contributed by atoms with E-state index in [1.54, 1.807) is 12.7 Å². The Morgan fingerprint density at radius 3 is 2.54 bits per heavy atom. The molecule has 1 amide bonds. The molecule has 190 valence electrons. The van der Waals surface area contributed by atoms with Crippen LogP contribution >= 0.6 is 0 Å². The molecule has 0 N–H and O–H groups in total. The van der Waals surface area contributed by atoms with Crippen molar-refractivity contribution < 1.29 is 9.53 Å². The summed E-state index contributed by atoms with van der Waals surface area (Å²) < 4.78 is 5.26. The molecule has 8 atom stereocenters. The monoisotopic (exact) mass is 476 g/mol. The lowest BCUT2D eigenvalue weighted by Gasteiger charge is -2.58. The average Bonchev–Trinajstić information content (AvgIpc) is 3.36. The van der Waals surface area contributed by atoms with Gasteiger partial charge >= 0.3 is 0 Å². The zero-order chi connectivity index (χ0) is 24.5. The third kappa shape index (κ3) is 3.38. The van der Waals surface area contributed by atoms with Crippen molar-refractivity contribution in [2.24, 2.45) is 34.5 Å². The van der Waals surface area contributed by atoms with Crippen molar-refractivity contribution in [1.29, 1.82) is 0 Å². The maximum Gasteiger partial charge on any atom is 0.253 e. The summed E-state index contributed by atoms with van der Waals surface area (Å²) in [6.07, 6.45) is 13.1. The van der Waals surface area contributed by atoms with Crippen molar-refractivity contribution in [2.45, 2.75) is 77.3 Å². The van der Waals surface area contributed by atoms with E-state index in [1.807, 2.05) is 36.2 Å². The number of methoxy groups -OCH3 is 1. The van der Waals surface area contributed by atoms with Gasteiger partial charge in [-0.2, -0.15) is 0 Å². The smallest absolute Gasteiger partial charge is 0.253 e. The van der Waals surface area contributed by atoms with Crippen LogP contribution < -0.4 is 4.74 Å². The highest BCUT2D eigenvalue weighted by Gasteiger charge is 2.64. The Labute approximate surface area is 212 Å². The molecule has 4 heteroatoms. The first-order valence-electron chi connectivity index (χ1n) is 14.1. The van der Waals surface area contributed by atoms with Crippen LogP contribution in [0.4, 0.5) is 0 Å². The van der Waals surface area contributed by atoms with E-state index in [-0.39, 0.29) is 5.91 Å². The van der Waals surface area contributed by atoms with Gasteiger partial charge in [0.05, 0.1) is 7.11 Å². The number of fused-ring (bicyclic) bond motifs is 4. The summed E-state index contributed by atoms with van der Waals surface area (Å²) in [7, 11) is 6.04. The maximum absolute atomic E-state index is 13.3. The molecular weight excluding hydrogens is 432 g/mol. The van der Waals surface area contributed by atoms with Gasteiger partial charge in [-0.15, -0.1) is 0 Å². The third-order valence-corrected chi connectivity index (χ3v) is 11.9. The van der Waals surface area contributed by atoms with Crippen LogP contribution in [-0.2, 0) is 0 Å². The Morgan fingerprint density at radius 2 is 1.80 bits per heavy atom. The van der Waals surface area contributed by atoms with E-state index in [0.717, 1.165) is 53.9 Å². The molecule has 1 aliphatic heterocycles. The number of nitrogens with zero attached hydrogens (tertiary/aromatic N) is 2. The summed E-state index contributed by atoms with van der Waals surface area (Å²) in [5, 5.41) is 0. The average molecular weight is 477 g/mol. The Balaban J connectivity index is 1.20. The second-order valence-corrected chi connectivity index (χ2v) is 12.9. The Hall–Kier alpha value is -1.81. The zero-order valence-corrected chi connectivity index (χ0v) is 22.4. The van der Waals surface area contributed by atoms with E-state index in [2.05, 4.69) is 31.9 Å². The minimum Gasteiger partial charge on any atom is -0.497 e. The van der Waals surface area contributed by atoms with E-state index in [0.29, 0.717) is 16.9 Å². The summed E-state index contributed by atoms with van der Waals surface area (Å²) in [5.41, 5.74) is 3.34. The summed E-state index contributed by atoms with van der Waals surface area (Å²) in [6.45, 7) is 6.41. The predicted octanol–water partition coefficient (Wildman–Crippen LogP) is 6.03. The van der Waals surface area contributed by atoms with Crippen molar-refractivity contribution >= 4 is 5.91 Å². The van der Waals surface area contributed by atoms with Gasteiger partial charge in [0.25, 0.3) is 5.91 Å². The Bertz CT molecular complexity index is 1020. The minimum absolute atomic E-state index is 0.131. The van der Waals surface area contributed by atoms with Gasteiger partial charge in [0, 0.05) is 31.2 Å². The maximum atomic E-state index is 13.3. The SMILES string of the molecule is COc1ccc(C(=O)N(C)[C@H]2CC[C@@]3(C)C(=CC[C@@H]4C3CC[C@]35CN(C)[C@@H](C)[C@H]3CC[C@@H]45)C2)cc1. The number of amides is 1. The molecule has 1 heterocycles. The van der Waals surface area contributed by atoms with Crippen LogP contribution in [-0.4, -0.2) is 55.5 Å². The third-order valence-electron chi connectivity index (χ3n) is 11.9. The summed E-state index contributed by atoms with van der Waals surface area (Å²) in [5.74, 6) is 4.47. The first kappa shape index (κ1) is 23.6. The van der Waals surface area contributed by atoms with Gasteiger partial charge in [0.2, 0.25) is 0 Å². The second-order valence-electron chi connectivity index (χ2n) is 12.9. The molecule has 3 saturated carbocycles. The molecule has 35 heavy (non-hydrogen) atoms. The minimum atomic E-state index is 0.131. The van der Waals surface area contributed by atoms with Gasteiger partial charge in [0.1, 0.15) is 5.75 Å². The van der Waals surface area contributed by atoms with Crippen molar-refractivity contribution in [3.05, 3.63) is 41.5 Å². The number of ether oxygens (including phenoxy) is 1. The largest absolute Gasteiger partial charge is 0.497 e. The van der Waals surface area contributed by atoms with Crippen LogP contribution in [0.1, 0.15) is 75.6 Å². The highest BCUT2D eigenvalue weighted by atomic mass is 16.5. The molecule has 1 aromatic carbocycles. The fourth-order valence-electron chi connectivity index (χ4n) is 9.88. The number of benzene rings is 1. The van der Waals surface area contributed by atoms with Crippen LogP contribution in [0, 0.1) is 34.5 Å². The molecule has 4 aliphatic carbocycles. The molecule has 4 nitrogen and oxygen atoms in total. The molecule has 1 aromatic rings. The summed E-state index contributed by atoms with van der Waals surface area (Å²) >= 11 is 0. The highest BCUT2D eigenvalue weighted by Crippen LogP contribution is 2.68. The lowest BCUT2D eigenvalue weighted by Crippen LogP contribution is -2.53. The van der Waals surface area contributed by atoms with E-state index in [4.69, 9.17) is 4.74 Å². The van der Waals surface area contributed by atoms with Crippen molar-refractivity contribution in [2.75, 3.05) is 27.7 Å². The zero-order valence-electron chi connectivity index (χ0n) is 22.4. The molecule has 1 spiro atoms. The van der Waals surface area contributed by atoms with E-state index >= 15 is 0 Å². The first-order valence-corrected chi connectivity index (χ1v) is 14.1. The van der Waals surface area contributed by atoms with Gasteiger partial charge in [-0.3, -0.25) is 4.79 Å². The van der Waals surface area contributed by atoms with Crippen LogP contribution in [0.3, 0.4) is 0 Å². The first-order chi connectivity index (χ1) is 16.8. The molecule has 1 unspecified atom stereocenters. The van der Waals surface area contributed by atoms with Gasteiger partial charge in [-0.05, 0) is 124 Å². The lowest BCUT2D eigenvalue weighted by molar-refractivity contribution is -0.0430. The molecular formula is C31H44N2O2. The standard InChI is InChI=1S/C31H44N2O2/c1-20-26-12-13-28-25-11-8-22-18-23(33(4)29(34)21-6-9-24(35-5)10-7-21)14-16-30(22,2)27(25)15-17-31(26,28)19-32(20)3/h6-10,20,23,25-28H,11-19H2,1-5H3/t20-,23-,25+,26+,27?,28-,30-,31-/m0/s1. The van der Waals surface area contributed by atoms with Gasteiger partial charge in [0.15, 0.2) is 0 Å². The number of hydrogen-bond acceptors (Lipinski definition) is 3. The number of carbonyl (C=O) groups is 1. The molecule has 6 rings (SSSR count). The quantitative estimate of drug-likeness (QED) is 0.500. The van der Waals surface area contributed by atoms with Gasteiger partial charge in [-0.25, -0.2) is 0 Å². The van der Waals surface area contributed by atoms with E-state index in [9.17, 15) is 4.79 Å².